The number of nitrogens with one attached hydrogen (secondary N) is 2. The highest BCUT2D eigenvalue weighted by Crippen LogP contribution is 2.33. The number of rotatable bonds is 4. The molecule has 132 valence electrons. The van der Waals surface area contributed by atoms with Crippen molar-refractivity contribution < 1.29 is 9.59 Å². The Morgan fingerprint density at radius 3 is 2.84 bits per heavy atom. The summed E-state index contributed by atoms with van der Waals surface area (Å²) in [6.07, 6.45) is 3.75. The third kappa shape index (κ3) is 3.99. The van der Waals surface area contributed by atoms with E-state index < -0.39 is 6.03 Å². The number of nitrogens with zero attached hydrogens (tertiary/aromatic N) is 2. The predicted octanol–water partition coefficient (Wildman–Crippen LogP) is 1.76. The second kappa shape index (κ2) is 7.38. The fourth-order valence-electron chi connectivity index (χ4n) is 3.28. The minimum absolute atomic E-state index is 0.0597. The molecule has 1 fully saturated rings. The molecule has 0 aliphatic carbocycles. The molecule has 1 atom stereocenters. The van der Waals surface area contributed by atoms with Gasteiger partial charge in [0.1, 0.15) is 0 Å². The summed E-state index contributed by atoms with van der Waals surface area (Å²) in [5, 5.41) is 9.71. The van der Waals surface area contributed by atoms with E-state index in [0.717, 1.165) is 29.7 Å². The highest BCUT2D eigenvalue weighted by Gasteiger charge is 2.27. The topological polar surface area (TPSA) is 104 Å². The fourth-order valence-corrected chi connectivity index (χ4v) is 3.28. The summed E-state index contributed by atoms with van der Waals surface area (Å²) in [5.41, 5.74) is 9.51. The molecule has 1 aliphatic rings. The molecule has 0 radical (unpaired) electrons. The standard InChI is InChI=1S/C18H23N5O2/c1-12-4-6-13(7-5-12)15-9-21-22-17(15)14-3-2-8-23(11-14)16(24)10-20-18(19)25/h4-7,9,14H,2-3,8,10-11H2,1H3,(H,21,22)(H3,19,20,25). The normalized spacial score (nSPS) is 17.3. The van der Waals surface area contributed by atoms with Crippen LogP contribution in [0.15, 0.2) is 30.5 Å². The molecular formula is C18H23N5O2. The van der Waals surface area contributed by atoms with Gasteiger partial charge in [-0.3, -0.25) is 9.89 Å². The summed E-state index contributed by atoms with van der Waals surface area (Å²) >= 11 is 0. The van der Waals surface area contributed by atoms with Crippen molar-refractivity contribution >= 4 is 11.9 Å². The minimum atomic E-state index is -0.683. The zero-order chi connectivity index (χ0) is 17.8. The van der Waals surface area contributed by atoms with Crippen LogP contribution in [-0.4, -0.2) is 46.7 Å². The van der Waals surface area contributed by atoms with E-state index in [-0.39, 0.29) is 18.4 Å². The second-order valence-electron chi connectivity index (χ2n) is 6.46. The van der Waals surface area contributed by atoms with Crippen molar-refractivity contribution in [1.29, 1.82) is 0 Å². The van der Waals surface area contributed by atoms with Crippen LogP contribution >= 0.6 is 0 Å². The van der Waals surface area contributed by atoms with Crippen molar-refractivity contribution in [2.75, 3.05) is 19.6 Å². The van der Waals surface area contributed by atoms with E-state index in [1.807, 2.05) is 6.20 Å². The maximum atomic E-state index is 12.2. The molecule has 2 heterocycles. The number of amides is 3. The van der Waals surface area contributed by atoms with E-state index >= 15 is 0 Å². The van der Waals surface area contributed by atoms with Crippen LogP contribution in [0.3, 0.4) is 0 Å². The van der Waals surface area contributed by atoms with Crippen molar-refractivity contribution in [2.45, 2.75) is 25.7 Å². The van der Waals surface area contributed by atoms with E-state index in [9.17, 15) is 9.59 Å². The molecule has 0 spiro atoms. The SMILES string of the molecule is Cc1ccc(-c2cn[nH]c2C2CCCN(C(=O)CNC(N)=O)C2)cc1. The van der Waals surface area contributed by atoms with Crippen LogP contribution in [0.2, 0.25) is 0 Å². The summed E-state index contributed by atoms with van der Waals surface area (Å²) in [6.45, 7) is 3.31. The third-order valence-electron chi connectivity index (χ3n) is 4.63. The predicted molar refractivity (Wildman–Crippen MR) is 94.9 cm³/mol. The molecule has 1 aliphatic heterocycles. The minimum Gasteiger partial charge on any atom is -0.352 e. The molecular weight excluding hydrogens is 318 g/mol. The maximum Gasteiger partial charge on any atom is 0.312 e. The van der Waals surface area contributed by atoms with Gasteiger partial charge < -0.3 is 16.0 Å². The molecule has 1 saturated heterocycles. The molecule has 4 N–H and O–H groups in total. The lowest BCUT2D eigenvalue weighted by Crippen LogP contribution is -2.45. The number of hydrogen-bond donors (Lipinski definition) is 3. The number of aromatic amines is 1. The fraction of sp³-hybridized carbons (Fsp3) is 0.389. The summed E-state index contributed by atoms with van der Waals surface area (Å²) in [5.74, 6) is 0.0879. The van der Waals surface area contributed by atoms with Crippen molar-refractivity contribution in [2.24, 2.45) is 5.73 Å². The van der Waals surface area contributed by atoms with Crippen LogP contribution in [0.5, 0.6) is 0 Å². The summed E-state index contributed by atoms with van der Waals surface area (Å²) < 4.78 is 0. The molecule has 2 aromatic rings. The van der Waals surface area contributed by atoms with Gasteiger partial charge in [0.2, 0.25) is 5.91 Å². The van der Waals surface area contributed by atoms with E-state index in [2.05, 4.69) is 46.7 Å². The first-order chi connectivity index (χ1) is 12.0. The second-order valence-corrected chi connectivity index (χ2v) is 6.46. The number of carbonyl (C=O) groups is 2. The van der Waals surface area contributed by atoms with Crippen molar-refractivity contribution in [1.82, 2.24) is 20.4 Å². The Hall–Kier alpha value is -2.83. The molecule has 1 aromatic carbocycles. The molecule has 1 unspecified atom stereocenters. The van der Waals surface area contributed by atoms with E-state index in [4.69, 9.17) is 5.73 Å². The Kier molecular flexibility index (Phi) is 5.02. The number of urea groups is 1. The molecule has 7 nitrogen and oxygen atoms in total. The number of benzene rings is 1. The van der Waals surface area contributed by atoms with Gasteiger partial charge in [0.15, 0.2) is 0 Å². The van der Waals surface area contributed by atoms with Crippen LogP contribution in [0.4, 0.5) is 4.79 Å². The van der Waals surface area contributed by atoms with Crippen molar-refractivity contribution in [3.05, 3.63) is 41.7 Å². The third-order valence-corrected chi connectivity index (χ3v) is 4.63. The first kappa shape index (κ1) is 17.0. The zero-order valence-corrected chi connectivity index (χ0v) is 14.3. The molecule has 3 amide bonds. The largest absolute Gasteiger partial charge is 0.352 e. The summed E-state index contributed by atoms with van der Waals surface area (Å²) in [7, 11) is 0. The van der Waals surface area contributed by atoms with Gasteiger partial charge in [-0.15, -0.1) is 0 Å². The Morgan fingerprint density at radius 1 is 1.36 bits per heavy atom. The number of aryl methyl sites for hydroxylation is 1. The number of primary amides is 1. The Bertz CT molecular complexity index is 753. The lowest BCUT2D eigenvalue weighted by molar-refractivity contribution is -0.131. The first-order valence-corrected chi connectivity index (χ1v) is 8.46. The number of nitrogens with two attached hydrogens (primary N) is 1. The number of piperidine rings is 1. The summed E-state index contributed by atoms with van der Waals surface area (Å²) in [6, 6.07) is 7.66. The molecule has 0 bridgehead atoms. The van der Waals surface area contributed by atoms with Crippen LogP contribution in [0, 0.1) is 6.92 Å². The zero-order valence-electron chi connectivity index (χ0n) is 14.3. The quantitative estimate of drug-likeness (QED) is 0.789. The number of H-pyrrole nitrogens is 1. The average Bonchev–Trinajstić information content (AvgIpc) is 3.10. The summed E-state index contributed by atoms with van der Waals surface area (Å²) in [4.78, 5) is 24.8. The van der Waals surface area contributed by atoms with Crippen molar-refractivity contribution in [3.8, 4) is 11.1 Å². The van der Waals surface area contributed by atoms with Gasteiger partial charge in [0.25, 0.3) is 0 Å². The molecule has 0 saturated carbocycles. The van der Waals surface area contributed by atoms with Gasteiger partial charge in [0.05, 0.1) is 12.7 Å². The highest BCUT2D eigenvalue weighted by molar-refractivity contribution is 5.83. The van der Waals surface area contributed by atoms with E-state index in [1.165, 1.54) is 5.56 Å². The number of aromatic nitrogens is 2. The highest BCUT2D eigenvalue weighted by atomic mass is 16.2. The van der Waals surface area contributed by atoms with Gasteiger partial charge in [-0.05, 0) is 25.3 Å². The van der Waals surface area contributed by atoms with E-state index in [0.29, 0.717) is 13.1 Å². The average molecular weight is 341 g/mol. The molecule has 1 aromatic heterocycles. The lowest BCUT2D eigenvalue weighted by Gasteiger charge is -2.32. The Balaban J connectivity index is 1.74. The van der Waals surface area contributed by atoms with Crippen LogP contribution in [0.1, 0.15) is 30.0 Å². The monoisotopic (exact) mass is 341 g/mol. The van der Waals surface area contributed by atoms with Crippen LogP contribution in [-0.2, 0) is 4.79 Å². The van der Waals surface area contributed by atoms with Gasteiger partial charge in [-0.25, -0.2) is 4.79 Å². The maximum absolute atomic E-state index is 12.2. The van der Waals surface area contributed by atoms with Crippen molar-refractivity contribution in [3.63, 3.8) is 0 Å². The first-order valence-electron chi connectivity index (χ1n) is 8.46. The number of hydrogen-bond acceptors (Lipinski definition) is 3. The van der Waals surface area contributed by atoms with E-state index in [1.54, 1.807) is 4.90 Å². The molecule has 25 heavy (non-hydrogen) atoms. The van der Waals surface area contributed by atoms with Crippen LogP contribution < -0.4 is 11.1 Å². The van der Waals surface area contributed by atoms with Gasteiger partial charge in [-0.2, -0.15) is 5.10 Å². The van der Waals surface area contributed by atoms with Gasteiger partial charge >= 0.3 is 6.03 Å². The van der Waals surface area contributed by atoms with Gasteiger partial charge in [0, 0.05) is 30.3 Å². The number of likely N-dealkylation sites (tertiary alicyclic amines) is 1. The molecule has 3 rings (SSSR count). The Morgan fingerprint density at radius 2 is 2.12 bits per heavy atom. The Labute approximate surface area is 146 Å². The van der Waals surface area contributed by atoms with Gasteiger partial charge in [-0.1, -0.05) is 29.8 Å². The lowest BCUT2D eigenvalue weighted by atomic mass is 9.90. The smallest absolute Gasteiger partial charge is 0.312 e. The van der Waals surface area contributed by atoms with Crippen LogP contribution in [0.25, 0.3) is 11.1 Å². The number of carbonyl (C=O) groups excluding carboxylic acids is 2. The molecule has 7 heteroatoms.